The third kappa shape index (κ3) is 4.56. The van der Waals surface area contributed by atoms with Crippen LogP contribution >= 0.6 is 11.3 Å². The van der Waals surface area contributed by atoms with Crippen molar-refractivity contribution in [1.29, 1.82) is 0 Å². The molecule has 2 amide bonds. The minimum Gasteiger partial charge on any atom is -0.439 e. The summed E-state index contributed by atoms with van der Waals surface area (Å²) < 4.78 is 5.72. The first-order chi connectivity index (χ1) is 15.0. The number of benzene rings is 1. The number of nitrogens with zero attached hydrogens (tertiary/aromatic N) is 4. The van der Waals surface area contributed by atoms with Crippen LogP contribution < -0.4 is 15.4 Å². The van der Waals surface area contributed by atoms with Gasteiger partial charge in [0.15, 0.2) is 5.13 Å². The third-order valence-corrected chi connectivity index (χ3v) is 5.98. The van der Waals surface area contributed by atoms with Crippen molar-refractivity contribution >= 4 is 28.3 Å². The van der Waals surface area contributed by atoms with E-state index in [1.807, 2.05) is 35.2 Å². The van der Waals surface area contributed by atoms with E-state index < -0.39 is 5.91 Å². The maximum atomic E-state index is 12.0. The van der Waals surface area contributed by atoms with Crippen molar-refractivity contribution in [3.63, 3.8) is 0 Å². The molecule has 0 aliphatic carbocycles. The van der Waals surface area contributed by atoms with E-state index in [1.54, 1.807) is 23.2 Å². The van der Waals surface area contributed by atoms with Crippen LogP contribution in [0.3, 0.4) is 0 Å². The number of primary amides is 1. The molecule has 0 radical (unpaired) electrons. The number of anilines is 1. The molecule has 31 heavy (non-hydrogen) atoms. The van der Waals surface area contributed by atoms with E-state index in [-0.39, 0.29) is 5.91 Å². The summed E-state index contributed by atoms with van der Waals surface area (Å²) in [5.41, 5.74) is 6.78. The molecule has 8 nitrogen and oxygen atoms in total. The van der Waals surface area contributed by atoms with Gasteiger partial charge in [-0.15, -0.1) is 0 Å². The van der Waals surface area contributed by atoms with Gasteiger partial charge >= 0.3 is 0 Å². The number of amides is 2. The molecule has 4 rings (SSSR count). The molecule has 0 bridgehead atoms. The van der Waals surface area contributed by atoms with E-state index in [9.17, 15) is 9.59 Å². The zero-order valence-electron chi connectivity index (χ0n) is 16.7. The van der Waals surface area contributed by atoms with Gasteiger partial charge in [0.1, 0.15) is 10.6 Å². The minimum absolute atomic E-state index is 0.0822. The molecule has 2 aromatic heterocycles. The van der Waals surface area contributed by atoms with E-state index in [0.29, 0.717) is 59.1 Å². The molecule has 1 fully saturated rings. The van der Waals surface area contributed by atoms with E-state index in [4.69, 9.17) is 10.5 Å². The normalized spacial score (nSPS) is 13.7. The highest BCUT2D eigenvalue weighted by Gasteiger charge is 2.25. The summed E-state index contributed by atoms with van der Waals surface area (Å²) in [6.45, 7) is 5.90. The fourth-order valence-electron chi connectivity index (χ4n) is 3.24. The molecular formula is C22H21N5O3S. The van der Waals surface area contributed by atoms with Gasteiger partial charge in [-0.1, -0.05) is 36.1 Å². The van der Waals surface area contributed by atoms with Crippen molar-refractivity contribution in [2.45, 2.75) is 0 Å². The fourth-order valence-corrected chi connectivity index (χ4v) is 4.24. The van der Waals surface area contributed by atoms with Gasteiger partial charge in [-0.2, -0.15) is 0 Å². The molecule has 9 heteroatoms. The van der Waals surface area contributed by atoms with Gasteiger partial charge in [0.05, 0.1) is 5.69 Å². The molecule has 3 heterocycles. The number of ether oxygens (including phenoxy) is 1. The second-order valence-corrected chi connectivity index (χ2v) is 7.83. The van der Waals surface area contributed by atoms with Gasteiger partial charge in [-0.3, -0.25) is 9.59 Å². The number of rotatable bonds is 6. The fraction of sp³-hybridized carbons (Fsp3) is 0.182. The molecule has 0 saturated carbocycles. The van der Waals surface area contributed by atoms with Crippen LogP contribution in [0.25, 0.3) is 11.3 Å². The van der Waals surface area contributed by atoms with E-state index in [2.05, 4.69) is 16.5 Å². The van der Waals surface area contributed by atoms with Crippen LogP contribution in [0, 0.1) is 0 Å². The number of pyridine rings is 1. The molecule has 0 atom stereocenters. The van der Waals surface area contributed by atoms with Crippen LogP contribution in [0.15, 0.2) is 61.3 Å². The monoisotopic (exact) mass is 435 g/mol. The zero-order valence-corrected chi connectivity index (χ0v) is 17.5. The molecule has 0 spiro atoms. The van der Waals surface area contributed by atoms with Crippen LogP contribution in [-0.2, 0) is 4.79 Å². The first kappa shape index (κ1) is 20.5. The summed E-state index contributed by atoms with van der Waals surface area (Å²) >= 11 is 1.25. The third-order valence-electron chi connectivity index (χ3n) is 4.85. The van der Waals surface area contributed by atoms with Crippen LogP contribution in [-0.4, -0.2) is 52.9 Å². The highest BCUT2D eigenvalue weighted by atomic mass is 32.1. The average Bonchev–Trinajstić information content (AvgIpc) is 3.26. The lowest BCUT2D eigenvalue weighted by atomic mass is 10.2. The van der Waals surface area contributed by atoms with Crippen molar-refractivity contribution in [2.24, 2.45) is 5.73 Å². The number of piperazine rings is 1. The number of nitrogens with two attached hydrogens (primary N) is 1. The number of hydrogen-bond donors (Lipinski definition) is 1. The van der Waals surface area contributed by atoms with Crippen molar-refractivity contribution in [3.8, 4) is 22.9 Å². The Morgan fingerprint density at radius 1 is 1.10 bits per heavy atom. The molecule has 0 unspecified atom stereocenters. The summed E-state index contributed by atoms with van der Waals surface area (Å²) in [7, 11) is 0. The van der Waals surface area contributed by atoms with Crippen LogP contribution in [0.2, 0.25) is 0 Å². The zero-order chi connectivity index (χ0) is 21.8. The summed E-state index contributed by atoms with van der Waals surface area (Å²) in [5.74, 6) is 0.504. The molecule has 1 aliphatic heterocycles. The predicted molar refractivity (Wildman–Crippen MR) is 119 cm³/mol. The standard InChI is InChI=1S/C22H21N5O3S/c1-2-18(28)26-10-12-27(13-11-26)22-25-19(20(31-22)21(23)29)15-8-9-17(24-14-15)30-16-6-4-3-5-7-16/h2-9,14H,1,10-13H2,(H2,23,29). The van der Waals surface area contributed by atoms with Crippen LogP contribution in [0.1, 0.15) is 9.67 Å². The van der Waals surface area contributed by atoms with Gasteiger partial charge in [0, 0.05) is 44.0 Å². The molecule has 1 saturated heterocycles. The number of hydrogen-bond acceptors (Lipinski definition) is 7. The summed E-state index contributed by atoms with van der Waals surface area (Å²) in [6.07, 6.45) is 2.94. The lowest BCUT2D eigenvalue weighted by Gasteiger charge is -2.34. The average molecular weight is 436 g/mol. The largest absolute Gasteiger partial charge is 0.439 e. The molecular weight excluding hydrogens is 414 g/mol. The lowest BCUT2D eigenvalue weighted by Crippen LogP contribution is -2.48. The number of carbonyl (C=O) groups is 2. The highest BCUT2D eigenvalue weighted by Crippen LogP contribution is 2.34. The van der Waals surface area contributed by atoms with Crippen LogP contribution in [0.5, 0.6) is 11.6 Å². The van der Waals surface area contributed by atoms with E-state index >= 15 is 0 Å². The molecule has 158 valence electrons. The Labute approximate surface area is 183 Å². The number of aromatic nitrogens is 2. The van der Waals surface area contributed by atoms with Gasteiger partial charge in [0.25, 0.3) is 5.91 Å². The van der Waals surface area contributed by atoms with E-state index in [1.165, 1.54) is 17.4 Å². The quantitative estimate of drug-likeness (QED) is 0.598. The van der Waals surface area contributed by atoms with Crippen molar-refractivity contribution in [2.75, 3.05) is 31.1 Å². The molecule has 1 aromatic carbocycles. The van der Waals surface area contributed by atoms with Crippen molar-refractivity contribution in [3.05, 3.63) is 66.2 Å². The summed E-state index contributed by atoms with van der Waals surface area (Å²) in [5, 5.41) is 0.694. The van der Waals surface area contributed by atoms with Crippen molar-refractivity contribution in [1.82, 2.24) is 14.9 Å². The van der Waals surface area contributed by atoms with Crippen molar-refractivity contribution < 1.29 is 14.3 Å². The Balaban J connectivity index is 1.53. The van der Waals surface area contributed by atoms with E-state index in [0.717, 1.165) is 0 Å². The number of carbonyl (C=O) groups excluding carboxylic acids is 2. The first-order valence-electron chi connectivity index (χ1n) is 9.71. The summed E-state index contributed by atoms with van der Waals surface area (Å²) in [4.78, 5) is 37.0. The SMILES string of the molecule is C=CC(=O)N1CCN(c2nc(-c3ccc(Oc4ccccc4)nc3)c(C(N)=O)s2)CC1. The summed E-state index contributed by atoms with van der Waals surface area (Å²) in [6, 6.07) is 12.9. The van der Waals surface area contributed by atoms with Gasteiger partial charge in [0.2, 0.25) is 11.8 Å². The van der Waals surface area contributed by atoms with Gasteiger partial charge < -0.3 is 20.3 Å². The first-order valence-corrected chi connectivity index (χ1v) is 10.5. The highest BCUT2D eigenvalue weighted by molar-refractivity contribution is 7.18. The topological polar surface area (TPSA) is 102 Å². The maximum Gasteiger partial charge on any atom is 0.261 e. The predicted octanol–water partition coefficient (Wildman–Crippen LogP) is 2.93. The second-order valence-electron chi connectivity index (χ2n) is 6.86. The Bertz CT molecular complexity index is 1090. The minimum atomic E-state index is -0.538. The molecule has 2 N–H and O–H groups in total. The molecule has 1 aliphatic rings. The Morgan fingerprint density at radius 3 is 2.45 bits per heavy atom. The maximum absolute atomic E-state index is 12.0. The van der Waals surface area contributed by atoms with Gasteiger partial charge in [-0.05, 0) is 24.3 Å². The Morgan fingerprint density at radius 2 is 1.84 bits per heavy atom. The Hall–Kier alpha value is -3.72. The Kier molecular flexibility index (Phi) is 5.94. The number of thiazole rings is 1. The molecule has 3 aromatic rings. The van der Waals surface area contributed by atoms with Crippen LogP contribution in [0.4, 0.5) is 5.13 Å². The number of para-hydroxylation sites is 1. The van der Waals surface area contributed by atoms with Gasteiger partial charge in [-0.25, -0.2) is 9.97 Å². The second kappa shape index (κ2) is 8.97. The smallest absolute Gasteiger partial charge is 0.261 e. The lowest BCUT2D eigenvalue weighted by molar-refractivity contribution is -0.126.